The minimum atomic E-state index is -0.524. The molecule has 3 aliphatic heterocycles. The third kappa shape index (κ3) is 3.53. The molecule has 30 heavy (non-hydrogen) atoms. The number of amides is 2. The van der Waals surface area contributed by atoms with E-state index in [-0.39, 0.29) is 47.5 Å². The number of aromatic nitrogens is 2. The van der Waals surface area contributed by atoms with Crippen molar-refractivity contribution in [2.24, 2.45) is 25.9 Å². The molecule has 0 aromatic carbocycles. The lowest BCUT2D eigenvalue weighted by Crippen LogP contribution is -2.43. The van der Waals surface area contributed by atoms with Crippen molar-refractivity contribution >= 4 is 18.3 Å². The van der Waals surface area contributed by atoms with E-state index in [0.717, 1.165) is 17.4 Å². The molecule has 2 bridgehead atoms. The van der Waals surface area contributed by atoms with Crippen LogP contribution in [0.25, 0.3) is 0 Å². The molecule has 11 nitrogen and oxygen atoms in total. The van der Waals surface area contributed by atoms with Crippen molar-refractivity contribution < 1.29 is 24.2 Å². The number of hydrogen-bond donors (Lipinski definition) is 2. The molecule has 4 heterocycles. The van der Waals surface area contributed by atoms with Gasteiger partial charge in [-0.15, -0.1) is 0 Å². The van der Waals surface area contributed by atoms with Crippen LogP contribution in [0, 0.1) is 11.8 Å². The molecule has 2 N–H and O–H groups in total. The minimum absolute atomic E-state index is 0.0760. The Kier molecular flexibility index (Phi) is 5.84. The maximum absolute atomic E-state index is 13.1. The molecule has 1 aromatic rings. The Labute approximate surface area is 172 Å². The second kappa shape index (κ2) is 8.05. The molecule has 2 amide bonds. The number of nitrogens with zero attached hydrogens (tertiary/aromatic N) is 3. The van der Waals surface area contributed by atoms with Gasteiger partial charge in [-0.25, -0.2) is 4.79 Å². The van der Waals surface area contributed by atoms with E-state index in [9.17, 15) is 19.2 Å². The zero-order valence-corrected chi connectivity index (χ0v) is 17.2. The molecule has 11 heteroatoms. The summed E-state index contributed by atoms with van der Waals surface area (Å²) >= 11 is 0. The smallest absolute Gasteiger partial charge is 0.331 e. The van der Waals surface area contributed by atoms with E-state index in [1.807, 2.05) is 0 Å². The average molecular weight is 422 g/mol. The number of ether oxygens (including phenoxy) is 1. The minimum Gasteiger partial charge on any atom is -0.483 e. The van der Waals surface area contributed by atoms with Crippen molar-refractivity contribution in [2.45, 2.75) is 31.5 Å². The van der Waals surface area contributed by atoms with E-state index in [1.54, 1.807) is 4.90 Å². The highest BCUT2D eigenvalue weighted by Crippen LogP contribution is 2.54. The number of carbonyl (C=O) groups is 3. The van der Waals surface area contributed by atoms with Crippen LogP contribution >= 0.6 is 0 Å². The van der Waals surface area contributed by atoms with Crippen molar-refractivity contribution in [3.8, 4) is 0 Å². The molecule has 3 aliphatic rings. The van der Waals surface area contributed by atoms with Gasteiger partial charge in [0.05, 0.1) is 18.2 Å². The fraction of sp³-hybridized carbons (Fsp3) is 0.632. The van der Waals surface area contributed by atoms with Crippen LogP contribution in [0.3, 0.4) is 0 Å². The molecule has 3 fully saturated rings. The number of rotatable bonds is 3. The highest BCUT2D eigenvalue weighted by Gasteiger charge is 2.63. The molecule has 0 radical (unpaired) electrons. The standard InChI is InChI=1S/C18H24N4O5.CH2O2/c1-10(23)19-7-11-12-8-22(9-18(12)5-4-14(11)27-18)16(25)13-6-15(24)21(3)17(26)20(13)2;2-1-3/h6,11-12,14H,4-5,7-9H2,1-3H3,(H,19,23);1H,(H,2,3)/t11-,12+,14+,18+;/m0./s1. The van der Waals surface area contributed by atoms with Gasteiger partial charge in [-0.3, -0.25) is 28.3 Å². The van der Waals surface area contributed by atoms with Crippen molar-refractivity contribution in [3.63, 3.8) is 0 Å². The van der Waals surface area contributed by atoms with Gasteiger partial charge in [0, 0.05) is 52.0 Å². The number of carboxylic acid groups (broad SMARTS) is 1. The number of carbonyl (C=O) groups excluding carboxylic acids is 2. The van der Waals surface area contributed by atoms with Gasteiger partial charge in [0.25, 0.3) is 17.9 Å². The maximum atomic E-state index is 13.1. The highest BCUT2D eigenvalue weighted by molar-refractivity contribution is 5.92. The van der Waals surface area contributed by atoms with E-state index < -0.39 is 11.2 Å². The summed E-state index contributed by atoms with van der Waals surface area (Å²) in [7, 11) is 2.88. The SMILES string of the molecule is CC(=O)NC[C@H]1[C@H]2CN(C(=O)c3cc(=O)n(C)c(=O)n3C)C[C@]23CC[C@H]1O3.O=CO. The molecule has 0 aliphatic carbocycles. The van der Waals surface area contributed by atoms with Crippen LogP contribution in [-0.2, 0) is 28.4 Å². The Balaban J connectivity index is 0.000000806. The van der Waals surface area contributed by atoms with Crippen molar-refractivity contribution in [1.82, 2.24) is 19.4 Å². The summed E-state index contributed by atoms with van der Waals surface area (Å²) in [6, 6.07) is 1.21. The number of nitrogens with one attached hydrogen (secondary N) is 1. The molecule has 1 aromatic heterocycles. The Bertz CT molecular complexity index is 984. The van der Waals surface area contributed by atoms with Crippen molar-refractivity contribution in [2.75, 3.05) is 19.6 Å². The summed E-state index contributed by atoms with van der Waals surface area (Å²) in [5, 5.41) is 9.76. The van der Waals surface area contributed by atoms with Gasteiger partial charge in [0.15, 0.2) is 0 Å². The molecular weight excluding hydrogens is 396 g/mol. The van der Waals surface area contributed by atoms with Crippen LogP contribution < -0.4 is 16.6 Å². The Morgan fingerprint density at radius 1 is 1.33 bits per heavy atom. The first-order valence-electron chi connectivity index (χ1n) is 9.71. The van der Waals surface area contributed by atoms with Crippen molar-refractivity contribution in [1.29, 1.82) is 0 Å². The number of likely N-dealkylation sites (tertiary alicyclic amines) is 1. The second-order valence-electron chi connectivity index (χ2n) is 8.03. The first kappa shape index (κ1) is 21.8. The summed E-state index contributed by atoms with van der Waals surface area (Å²) in [6.45, 7) is 2.74. The molecule has 0 saturated carbocycles. The van der Waals surface area contributed by atoms with Gasteiger partial charge in [0.1, 0.15) is 5.69 Å². The van der Waals surface area contributed by atoms with E-state index in [2.05, 4.69) is 5.32 Å². The van der Waals surface area contributed by atoms with Gasteiger partial charge in [-0.2, -0.15) is 0 Å². The van der Waals surface area contributed by atoms with Gasteiger partial charge in [-0.05, 0) is 12.8 Å². The van der Waals surface area contributed by atoms with Gasteiger partial charge in [-0.1, -0.05) is 0 Å². The first-order valence-corrected chi connectivity index (χ1v) is 9.71. The summed E-state index contributed by atoms with van der Waals surface area (Å²) in [4.78, 5) is 58.5. The maximum Gasteiger partial charge on any atom is 0.331 e. The second-order valence-corrected chi connectivity index (χ2v) is 8.03. The molecule has 164 valence electrons. The fourth-order valence-corrected chi connectivity index (χ4v) is 4.98. The zero-order valence-electron chi connectivity index (χ0n) is 17.2. The Hall–Kier alpha value is -2.95. The quantitative estimate of drug-likeness (QED) is 0.568. The predicted molar refractivity (Wildman–Crippen MR) is 104 cm³/mol. The lowest BCUT2D eigenvalue weighted by molar-refractivity contribution is -0.123. The first-order chi connectivity index (χ1) is 14.1. The summed E-state index contributed by atoms with van der Waals surface area (Å²) in [5.41, 5.74) is -1.31. The lowest BCUT2D eigenvalue weighted by Gasteiger charge is -2.29. The van der Waals surface area contributed by atoms with Crippen LogP contribution in [0.5, 0.6) is 0 Å². The van der Waals surface area contributed by atoms with Crippen LogP contribution in [0.1, 0.15) is 30.3 Å². The van der Waals surface area contributed by atoms with Gasteiger partial charge in [0.2, 0.25) is 5.91 Å². The number of fused-ring (bicyclic) bond motifs is 1. The largest absolute Gasteiger partial charge is 0.483 e. The Morgan fingerprint density at radius 3 is 2.63 bits per heavy atom. The van der Waals surface area contributed by atoms with E-state index in [1.165, 1.54) is 31.7 Å². The third-order valence-electron chi connectivity index (χ3n) is 6.40. The number of hydrogen-bond acceptors (Lipinski definition) is 6. The third-order valence-corrected chi connectivity index (χ3v) is 6.40. The Morgan fingerprint density at radius 2 is 2.00 bits per heavy atom. The average Bonchev–Trinajstić information content (AvgIpc) is 3.36. The predicted octanol–water partition coefficient (Wildman–Crippen LogP) is -1.46. The van der Waals surface area contributed by atoms with E-state index in [4.69, 9.17) is 14.6 Å². The van der Waals surface area contributed by atoms with Gasteiger partial charge < -0.3 is 20.1 Å². The summed E-state index contributed by atoms with van der Waals surface area (Å²) in [6.07, 6.45) is 1.93. The van der Waals surface area contributed by atoms with Crippen LogP contribution in [-0.4, -0.2) is 68.8 Å². The zero-order chi connectivity index (χ0) is 22.2. The molecule has 4 rings (SSSR count). The summed E-state index contributed by atoms with van der Waals surface area (Å²) in [5.74, 6) is -0.0854. The van der Waals surface area contributed by atoms with E-state index in [0.29, 0.717) is 19.6 Å². The topological polar surface area (TPSA) is 140 Å². The molecule has 1 spiro atoms. The van der Waals surface area contributed by atoms with Crippen LogP contribution in [0.2, 0.25) is 0 Å². The monoisotopic (exact) mass is 422 g/mol. The molecule has 4 atom stereocenters. The van der Waals surface area contributed by atoms with E-state index >= 15 is 0 Å². The highest BCUT2D eigenvalue weighted by atomic mass is 16.5. The molecular formula is C19H26N4O7. The van der Waals surface area contributed by atoms with Crippen molar-refractivity contribution in [3.05, 3.63) is 32.6 Å². The lowest BCUT2D eigenvalue weighted by atomic mass is 9.73. The fourth-order valence-electron chi connectivity index (χ4n) is 4.98. The van der Waals surface area contributed by atoms with Crippen LogP contribution in [0.15, 0.2) is 15.7 Å². The van der Waals surface area contributed by atoms with Crippen LogP contribution in [0.4, 0.5) is 0 Å². The normalized spacial score (nSPS) is 28.5. The molecule has 0 unspecified atom stereocenters. The van der Waals surface area contributed by atoms with Gasteiger partial charge >= 0.3 is 5.69 Å². The molecule has 3 saturated heterocycles. The summed E-state index contributed by atoms with van der Waals surface area (Å²) < 4.78 is 8.45.